The number of rotatable bonds is 4. The third-order valence-corrected chi connectivity index (χ3v) is 6.43. The first-order chi connectivity index (χ1) is 11.1. The molecule has 1 heterocycles. The van der Waals surface area contributed by atoms with Crippen molar-refractivity contribution in [2.24, 2.45) is 0 Å². The van der Waals surface area contributed by atoms with Gasteiger partial charge in [0.1, 0.15) is 0 Å². The number of nitrogens with one attached hydrogen (secondary N) is 1. The molecule has 3 rings (SSSR count). The standard InChI is InChI=1S/C16H23ClN2O3S/c17-13-5-7-14(8-6-13)23(20,21)18-15-3-1-2-4-16(15)19-9-11-22-12-10-19/h5-8,15-16,18H,1-4,9-12H2/t15-,16+/m1/s1. The van der Waals surface area contributed by atoms with Crippen molar-refractivity contribution in [3.05, 3.63) is 29.3 Å². The Balaban J connectivity index is 1.74. The van der Waals surface area contributed by atoms with Crippen LogP contribution in [0.5, 0.6) is 0 Å². The minimum Gasteiger partial charge on any atom is -0.379 e. The van der Waals surface area contributed by atoms with Gasteiger partial charge in [0.05, 0.1) is 18.1 Å². The molecule has 2 aliphatic rings. The van der Waals surface area contributed by atoms with E-state index in [1.165, 1.54) is 0 Å². The van der Waals surface area contributed by atoms with Crippen molar-refractivity contribution in [1.29, 1.82) is 0 Å². The maximum atomic E-state index is 12.6. The van der Waals surface area contributed by atoms with E-state index in [9.17, 15) is 8.42 Å². The first-order valence-electron chi connectivity index (χ1n) is 8.16. The fraction of sp³-hybridized carbons (Fsp3) is 0.625. The predicted molar refractivity (Wildman–Crippen MR) is 90.2 cm³/mol. The van der Waals surface area contributed by atoms with Gasteiger partial charge in [-0.15, -0.1) is 0 Å². The van der Waals surface area contributed by atoms with Crippen molar-refractivity contribution >= 4 is 21.6 Å². The molecule has 1 aromatic rings. The van der Waals surface area contributed by atoms with Crippen LogP contribution in [0.25, 0.3) is 0 Å². The van der Waals surface area contributed by atoms with Crippen LogP contribution >= 0.6 is 11.6 Å². The summed E-state index contributed by atoms with van der Waals surface area (Å²) < 4.78 is 33.6. The second kappa shape index (κ2) is 7.49. The average molecular weight is 359 g/mol. The van der Waals surface area contributed by atoms with Gasteiger partial charge in [-0.3, -0.25) is 4.90 Å². The number of halogens is 1. The molecule has 1 saturated heterocycles. The van der Waals surface area contributed by atoms with Gasteiger partial charge < -0.3 is 4.74 Å². The Morgan fingerprint density at radius 2 is 1.74 bits per heavy atom. The Labute approximate surface area is 143 Å². The Hall–Kier alpha value is -0.660. The molecule has 1 saturated carbocycles. The third kappa shape index (κ3) is 4.25. The van der Waals surface area contributed by atoms with Crippen molar-refractivity contribution in [1.82, 2.24) is 9.62 Å². The maximum absolute atomic E-state index is 12.6. The summed E-state index contributed by atoms with van der Waals surface area (Å²) in [6.45, 7) is 3.22. The van der Waals surface area contributed by atoms with Crippen LogP contribution in [-0.4, -0.2) is 51.7 Å². The average Bonchev–Trinajstić information content (AvgIpc) is 2.56. The van der Waals surface area contributed by atoms with E-state index in [-0.39, 0.29) is 17.0 Å². The van der Waals surface area contributed by atoms with Crippen molar-refractivity contribution in [3.63, 3.8) is 0 Å². The molecule has 2 atom stereocenters. The minimum atomic E-state index is -3.51. The number of hydrogen-bond acceptors (Lipinski definition) is 4. The molecule has 128 valence electrons. The zero-order valence-electron chi connectivity index (χ0n) is 13.1. The smallest absolute Gasteiger partial charge is 0.240 e. The molecular formula is C16H23ClN2O3S. The van der Waals surface area contributed by atoms with Gasteiger partial charge in [-0.2, -0.15) is 0 Å². The summed E-state index contributed by atoms with van der Waals surface area (Å²) in [6, 6.07) is 6.54. The van der Waals surface area contributed by atoms with E-state index in [0.717, 1.165) is 52.0 Å². The Bertz CT molecular complexity index is 615. The Morgan fingerprint density at radius 1 is 1.09 bits per heavy atom. The molecule has 5 nitrogen and oxygen atoms in total. The zero-order chi connectivity index (χ0) is 16.3. The topological polar surface area (TPSA) is 58.6 Å². The van der Waals surface area contributed by atoms with E-state index in [1.807, 2.05) is 0 Å². The van der Waals surface area contributed by atoms with Crippen molar-refractivity contribution in [3.8, 4) is 0 Å². The van der Waals surface area contributed by atoms with Crippen LogP contribution in [0.2, 0.25) is 5.02 Å². The number of benzene rings is 1. The van der Waals surface area contributed by atoms with Crippen molar-refractivity contribution in [2.75, 3.05) is 26.3 Å². The lowest BCUT2D eigenvalue weighted by atomic mass is 9.89. The highest BCUT2D eigenvalue weighted by Crippen LogP contribution is 2.26. The lowest BCUT2D eigenvalue weighted by Crippen LogP contribution is -2.55. The highest BCUT2D eigenvalue weighted by atomic mass is 35.5. The SMILES string of the molecule is O=S(=O)(N[C@@H]1CCCC[C@@H]1N1CCOCC1)c1ccc(Cl)cc1. The number of ether oxygens (including phenoxy) is 1. The Morgan fingerprint density at radius 3 is 2.43 bits per heavy atom. The molecule has 23 heavy (non-hydrogen) atoms. The van der Waals surface area contributed by atoms with Crippen molar-refractivity contribution in [2.45, 2.75) is 42.7 Å². The van der Waals surface area contributed by atoms with Crippen LogP contribution in [-0.2, 0) is 14.8 Å². The Kier molecular flexibility index (Phi) is 5.59. The van der Waals surface area contributed by atoms with E-state index in [2.05, 4.69) is 9.62 Å². The molecule has 1 aliphatic carbocycles. The highest BCUT2D eigenvalue weighted by molar-refractivity contribution is 7.89. The monoisotopic (exact) mass is 358 g/mol. The fourth-order valence-electron chi connectivity index (χ4n) is 3.48. The lowest BCUT2D eigenvalue weighted by molar-refractivity contribution is 0.00211. The van der Waals surface area contributed by atoms with E-state index >= 15 is 0 Å². The van der Waals surface area contributed by atoms with Crippen LogP contribution < -0.4 is 4.72 Å². The quantitative estimate of drug-likeness (QED) is 0.897. The summed E-state index contributed by atoms with van der Waals surface area (Å²) in [6.07, 6.45) is 4.14. The maximum Gasteiger partial charge on any atom is 0.240 e. The number of sulfonamides is 1. The van der Waals surface area contributed by atoms with E-state index < -0.39 is 10.0 Å². The van der Waals surface area contributed by atoms with E-state index in [1.54, 1.807) is 24.3 Å². The molecule has 0 bridgehead atoms. The molecule has 0 aromatic heterocycles. The molecule has 1 aliphatic heterocycles. The number of hydrogen-bond donors (Lipinski definition) is 1. The third-order valence-electron chi connectivity index (χ3n) is 4.67. The van der Waals surface area contributed by atoms with Gasteiger partial charge in [0.15, 0.2) is 0 Å². The van der Waals surface area contributed by atoms with Gasteiger partial charge in [-0.1, -0.05) is 24.4 Å². The van der Waals surface area contributed by atoms with Crippen LogP contribution in [0.4, 0.5) is 0 Å². The molecule has 7 heteroatoms. The minimum absolute atomic E-state index is 0.0393. The summed E-state index contributed by atoms with van der Waals surface area (Å²) >= 11 is 5.84. The van der Waals surface area contributed by atoms with Crippen LogP contribution in [0.1, 0.15) is 25.7 Å². The summed E-state index contributed by atoms with van der Waals surface area (Å²) in [5.74, 6) is 0. The van der Waals surface area contributed by atoms with Gasteiger partial charge in [-0.25, -0.2) is 13.1 Å². The molecule has 0 radical (unpaired) electrons. The number of morpholine rings is 1. The molecule has 0 unspecified atom stereocenters. The lowest BCUT2D eigenvalue weighted by Gasteiger charge is -2.41. The fourth-order valence-corrected chi connectivity index (χ4v) is 4.91. The largest absolute Gasteiger partial charge is 0.379 e. The van der Waals surface area contributed by atoms with Crippen LogP contribution in [0.3, 0.4) is 0 Å². The number of nitrogens with zero attached hydrogens (tertiary/aromatic N) is 1. The van der Waals surface area contributed by atoms with Gasteiger partial charge in [-0.05, 0) is 37.1 Å². The predicted octanol–water partition coefficient (Wildman–Crippen LogP) is 2.26. The van der Waals surface area contributed by atoms with Gasteiger partial charge in [0.25, 0.3) is 0 Å². The summed E-state index contributed by atoms with van der Waals surface area (Å²) in [7, 11) is -3.51. The van der Waals surface area contributed by atoms with Gasteiger partial charge in [0.2, 0.25) is 10.0 Å². The molecule has 1 N–H and O–H groups in total. The molecule has 0 amide bonds. The first kappa shape index (κ1) is 17.2. The van der Waals surface area contributed by atoms with Crippen LogP contribution in [0, 0.1) is 0 Å². The molecule has 1 aromatic carbocycles. The van der Waals surface area contributed by atoms with Gasteiger partial charge in [0, 0.05) is 30.2 Å². The molecule has 2 fully saturated rings. The van der Waals surface area contributed by atoms with E-state index in [0.29, 0.717) is 5.02 Å². The zero-order valence-corrected chi connectivity index (χ0v) is 14.7. The second-order valence-electron chi connectivity index (χ2n) is 6.18. The highest BCUT2D eigenvalue weighted by Gasteiger charge is 2.33. The molecular weight excluding hydrogens is 336 g/mol. The van der Waals surface area contributed by atoms with E-state index in [4.69, 9.17) is 16.3 Å². The van der Waals surface area contributed by atoms with Crippen LogP contribution in [0.15, 0.2) is 29.2 Å². The molecule has 0 spiro atoms. The first-order valence-corrected chi connectivity index (χ1v) is 10.0. The van der Waals surface area contributed by atoms with Gasteiger partial charge >= 0.3 is 0 Å². The normalized spacial score (nSPS) is 27.0. The van der Waals surface area contributed by atoms with Crippen molar-refractivity contribution < 1.29 is 13.2 Å². The summed E-state index contributed by atoms with van der Waals surface area (Å²) in [5.41, 5.74) is 0. The summed E-state index contributed by atoms with van der Waals surface area (Å²) in [5, 5.41) is 0.535. The summed E-state index contributed by atoms with van der Waals surface area (Å²) in [4.78, 5) is 2.64. The second-order valence-corrected chi connectivity index (χ2v) is 8.33.